The lowest BCUT2D eigenvalue weighted by Gasteiger charge is -2.24. The van der Waals surface area contributed by atoms with Crippen LogP contribution in [0.15, 0.2) is 47.5 Å². The molecule has 0 N–H and O–H groups in total. The summed E-state index contributed by atoms with van der Waals surface area (Å²) in [6.45, 7) is 0. The number of aliphatic imine (C=N–C) groups is 1. The van der Waals surface area contributed by atoms with E-state index in [-0.39, 0.29) is 35.1 Å². The zero-order chi connectivity index (χ0) is 22.2. The van der Waals surface area contributed by atoms with Gasteiger partial charge in [-0.25, -0.2) is 12.8 Å². The second-order valence-electron chi connectivity index (χ2n) is 7.30. The molecule has 2 aromatic rings. The fourth-order valence-electron chi connectivity index (χ4n) is 3.78. The van der Waals surface area contributed by atoms with Crippen LogP contribution < -0.4 is 14.4 Å². The molecule has 10 heteroatoms. The van der Waals surface area contributed by atoms with E-state index in [2.05, 4.69) is 4.99 Å². The number of fused-ring (bicyclic) bond motifs is 1. The van der Waals surface area contributed by atoms with Crippen LogP contribution in [0.3, 0.4) is 0 Å². The Hall–Kier alpha value is -2.59. The van der Waals surface area contributed by atoms with Gasteiger partial charge in [-0.05, 0) is 42.0 Å². The van der Waals surface area contributed by atoms with Gasteiger partial charge in [0.15, 0.2) is 26.5 Å². The first kappa shape index (κ1) is 21.6. The molecule has 164 valence electrons. The number of hydrogen-bond donors (Lipinski definition) is 0. The second-order valence-corrected chi connectivity index (χ2v) is 10.7. The van der Waals surface area contributed by atoms with Crippen molar-refractivity contribution in [1.82, 2.24) is 0 Å². The second kappa shape index (κ2) is 8.51. The SMILES string of the molecule is COc1ccc(CC(=O)N=C2S[C@H]3CS(=O)(=O)C[C@H]3N2c2ccc(F)cc2)cc1OC. The van der Waals surface area contributed by atoms with Crippen molar-refractivity contribution in [2.24, 2.45) is 4.99 Å². The summed E-state index contributed by atoms with van der Waals surface area (Å²) in [7, 11) is -0.117. The third-order valence-corrected chi connectivity index (χ3v) is 8.40. The highest BCUT2D eigenvalue weighted by Gasteiger charge is 2.49. The van der Waals surface area contributed by atoms with Gasteiger partial charge in [0.2, 0.25) is 0 Å². The van der Waals surface area contributed by atoms with Crippen LogP contribution in [0.1, 0.15) is 5.56 Å². The van der Waals surface area contributed by atoms with Crippen molar-refractivity contribution in [3.8, 4) is 11.5 Å². The average molecular weight is 465 g/mol. The lowest BCUT2D eigenvalue weighted by Crippen LogP contribution is -2.37. The number of carbonyl (C=O) groups excluding carboxylic acids is 1. The summed E-state index contributed by atoms with van der Waals surface area (Å²) < 4.78 is 48.2. The highest BCUT2D eigenvalue weighted by molar-refractivity contribution is 8.16. The number of benzene rings is 2. The Morgan fingerprint density at radius 3 is 2.52 bits per heavy atom. The van der Waals surface area contributed by atoms with Crippen molar-refractivity contribution in [3.05, 3.63) is 53.8 Å². The molecule has 1 amide bonds. The molecule has 0 radical (unpaired) electrons. The number of anilines is 1. The first-order chi connectivity index (χ1) is 14.8. The number of methoxy groups -OCH3 is 2. The third-order valence-electron chi connectivity index (χ3n) is 5.20. The molecule has 0 unspecified atom stereocenters. The van der Waals surface area contributed by atoms with Gasteiger partial charge in [-0.2, -0.15) is 4.99 Å². The predicted molar refractivity (Wildman–Crippen MR) is 118 cm³/mol. The minimum absolute atomic E-state index is 0.0229. The molecule has 0 saturated carbocycles. The van der Waals surface area contributed by atoms with Crippen molar-refractivity contribution < 1.29 is 27.1 Å². The molecule has 0 spiro atoms. The van der Waals surface area contributed by atoms with Crippen molar-refractivity contribution in [3.63, 3.8) is 0 Å². The molecule has 31 heavy (non-hydrogen) atoms. The molecule has 2 atom stereocenters. The van der Waals surface area contributed by atoms with Gasteiger partial charge in [0.05, 0.1) is 38.2 Å². The van der Waals surface area contributed by atoms with Crippen LogP contribution in [0.5, 0.6) is 11.5 Å². The van der Waals surface area contributed by atoms with E-state index in [1.54, 1.807) is 35.2 Å². The number of sulfone groups is 1. The summed E-state index contributed by atoms with van der Waals surface area (Å²) in [5, 5.41) is 0.213. The Bertz CT molecular complexity index is 1130. The maximum Gasteiger partial charge on any atom is 0.252 e. The van der Waals surface area contributed by atoms with E-state index in [1.807, 2.05) is 0 Å². The monoisotopic (exact) mass is 464 g/mol. The van der Waals surface area contributed by atoms with E-state index in [0.717, 1.165) is 0 Å². The number of amidine groups is 1. The molecule has 2 fully saturated rings. The van der Waals surface area contributed by atoms with E-state index in [9.17, 15) is 17.6 Å². The highest BCUT2D eigenvalue weighted by Crippen LogP contribution is 2.41. The van der Waals surface area contributed by atoms with E-state index < -0.39 is 15.7 Å². The lowest BCUT2D eigenvalue weighted by atomic mass is 10.1. The topological polar surface area (TPSA) is 85.3 Å². The molecule has 2 heterocycles. The standard InChI is InChI=1S/C21H21FN2O5S2/c1-28-17-8-3-13(9-18(17)29-2)10-20(25)23-21-24(15-6-4-14(22)5-7-15)16-11-31(26,27)12-19(16)30-21/h3-9,16,19H,10-12H2,1-2H3/t16-,19+/m1/s1. The van der Waals surface area contributed by atoms with Crippen molar-refractivity contribution in [2.45, 2.75) is 17.7 Å². The summed E-state index contributed by atoms with van der Waals surface area (Å²) in [4.78, 5) is 18.8. The maximum atomic E-state index is 13.4. The van der Waals surface area contributed by atoms with Gasteiger partial charge < -0.3 is 14.4 Å². The van der Waals surface area contributed by atoms with Gasteiger partial charge in [-0.15, -0.1) is 0 Å². The third kappa shape index (κ3) is 4.54. The van der Waals surface area contributed by atoms with E-state index in [1.165, 1.54) is 38.1 Å². The molecular formula is C21H21FN2O5S2. The van der Waals surface area contributed by atoms with Crippen LogP contribution in [0, 0.1) is 5.82 Å². The van der Waals surface area contributed by atoms with Crippen molar-refractivity contribution >= 4 is 38.4 Å². The molecule has 0 bridgehead atoms. The summed E-state index contributed by atoms with van der Waals surface area (Å²) in [5.41, 5.74) is 1.32. The number of thioether (sulfide) groups is 1. The molecular weight excluding hydrogens is 443 g/mol. The van der Waals surface area contributed by atoms with Gasteiger partial charge in [0, 0.05) is 10.9 Å². The van der Waals surface area contributed by atoms with Crippen LogP contribution in [-0.2, 0) is 21.1 Å². The lowest BCUT2D eigenvalue weighted by molar-refractivity contribution is -0.117. The van der Waals surface area contributed by atoms with Crippen LogP contribution >= 0.6 is 11.8 Å². The Labute approximate surface area is 184 Å². The molecule has 7 nitrogen and oxygen atoms in total. The van der Waals surface area contributed by atoms with Gasteiger partial charge in [-0.3, -0.25) is 4.79 Å². The Morgan fingerprint density at radius 2 is 1.84 bits per heavy atom. The smallest absolute Gasteiger partial charge is 0.252 e. The maximum absolute atomic E-state index is 13.4. The van der Waals surface area contributed by atoms with Gasteiger partial charge in [0.1, 0.15) is 5.82 Å². The zero-order valence-corrected chi connectivity index (χ0v) is 18.6. The number of halogens is 1. The van der Waals surface area contributed by atoms with Crippen LogP contribution in [0.2, 0.25) is 0 Å². The molecule has 2 aliphatic rings. The molecule has 0 aliphatic carbocycles. The highest BCUT2D eigenvalue weighted by atomic mass is 32.2. The van der Waals surface area contributed by atoms with E-state index in [4.69, 9.17) is 9.47 Å². The summed E-state index contributed by atoms with van der Waals surface area (Å²) >= 11 is 1.28. The normalized spacial score (nSPS) is 23.1. The first-order valence-electron chi connectivity index (χ1n) is 9.54. The number of hydrogen-bond acceptors (Lipinski definition) is 6. The Kier molecular flexibility index (Phi) is 5.94. The summed E-state index contributed by atoms with van der Waals surface area (Å²) in [6, 6.07) is 10.6. The predicted octanol–water partition coefficient (Wildman–Crippen LogP) is 2.69. The minimum atomic E-state index is -3.17. The zero-order valence-electron chi connectivity index (χ0n) is 16.9. The molecule has 2 saturated heterocycles. The van der Waals surface area contributed by atoms with Crippen LogP contribution in [-0.4, -0.2) is 56.5 Å². The fraction of sp³-hybridized carbons (Fsp3) is 0.333. The van der Waals surface area contributed by atoms with E-state index in [0.29, 0.717) is 27.9 Å². The van der Waals surface area contributed by atoms with Crippen molar-refractivity contribution in [1.29, 1.82) is 0 Å². The summed E-state index contributed by atoms with van der Waals surface area (Å²) in [6.07, 6.45) is 0.0509. The number of rotatable bonds is 5. The van der Waals surface area contributed by atoms with Gasteiger partial charge in [-0.1, -0.05) is 17.8 Å². The minimum Gasteiger partial charge on any atom is -0.493 e. The molecule has 0 aromatic heterocycles. The van der Waals surface area contributed by atoms with Gasteiger partial charge in [0.25, 0.3) is 5.91 Å². The molecule has 4 rings (SSSR count). The molecule has 2 aromatic carbocycles. The number of ether oxygens (including phenoxy) is 2. The van der Waals surface area contributed by atoms with E-state index >= 15 is 0 Å². The summed E-state index contributed by atoms with van der Waals surface area (Å²) in [5.74, 6) is 0.323. The Morgan fingerprint density at radius 1 is 1.13 bits per heavy atom. The Balaban J connectivity index is 1.60. The van der Waals surface area contributed by atoms with Gasteiger partial charge >= 0.3 is 0 Å². The average Bonchev–Trinajstić information content (AvgIpc) is 3.19. The number of carbonyl (C=O) groups is 1. The molecule has 2 aliphatic heterocycles. The quantitative estimate of drug-likeness (QED) is 0.673. The number of nitrogens with zero attached hydrogens (tertiary/aromatic N) is 2. The first-order valence-corrected chi connectivity index (χ1v) is 12.2. The fourth-order valence-corrected chi connectivity index (χ4v) is 7.71. The number of amides is 1. The largest absolute Gasteiger partial charge is 0.493 e. The van der Waals surface area contributed by atoms with Crippen LogP contribution in [0.4, 0.5) is 10.1 Å². The van der Waals surface area contributed by atoms with Crippen molar-refractivity contribution in [2.75, 3.05) is 30.6 Å². The van der Waals surface area contributed by atoms with Crippen LogP contribution in [0.25, 0.3) is 0 Å².